The summed E-state index contributed by atoms with van der Waals surface area (Å²) in [5.74, 6) is -2.41. The van der Waals surface area contributed by atoms with Crippen molar-refractivity contribution in [2.45, 2.75) is 17.2 Å². The molecular weight excluding hydrogens is 332 g/mol. The van der Waals surface area contributed by atoms with Gasteiger partial charge in [0.05, 0.1) is 0 Å². The monoisotopic (exact) mass is 343 g/mol. The van der Waals surface area contributed by atoms with Gasteiger partial charge in [-0.3, -0.25) is 0 Å². The average molecular weight is 344 g/mol. The molecule has 2 aromatic carbocycles. The number of rotatable bonds is 5. The van der Waals surface area contributed by atoms with Crippen molar-refractivity contribution in [3.05, 3.63) is 58.6 Å². The van der Waals surface area contributed by atoms with Crippen LogP contribution in [0.5, 0.6) is 0 Å². The molecule has 1 nitrogen and oxygen atoms in total. The van der Waals surface area contributed by atoms with Crippen LogP contribution in [0.4, 0.5) is 14.5 Å². The molecule has 0 radical (unpaired) electrons. The van der Waals surface area contributed by atoms with Crippen molar-refractivity contribution < 1.29 is 8.78 Å². The molecule has 0 aliphatic rings. The van der Waals surface area contributed by atoms with E-state index in [1.165, 1.54) is 0 Å². The Morgan fingerprint density at radius 2 is 1.74 bits per heavy atom. The third-order valence-electron chi connectivity index (χ3n) is 2.53. The van der Waals surface area contributed by atoms with Gasteiger partial charge in [-0.2, -0.15) is 8.78 Å². The highest BCUT2D eigenvalue weighted by Gasteiger charge is 2.09. The molecule has 1 N–H and O–H groups in total. The van der Waals surface area contributed by atoms with Crippen molar-refractivity contribution in [3.8, 4) is 0 Å². The molecule has 0 heterocycles. The lowest BCUT2D eigenvalue weighted by Gasteiger charge is -2.12. The molecule has 100 valence electrons. The molecule has 0 aliphatic heterocycles. The zero-order valence-electron chi connectivity index (χ0n) is 9.95. The largest absolute Gasteiger partial charge is 0.380 e. The number of thioether (sulfide) groups is 1. The Balaban J connectivity index is 2.09. The number of hydrogen-bond acceptors (Lipinski definition) is 2. The topological polar surface area (TPSA) is 12.0 Å². The van der Waals surface area contributed by atoms with Crippen LogP contribution in [0.1, 0.15) is 5.56 Å². The van der Waals surface area contributed by atoms with E-state index in [2.05, 4.69) is 21.2 Å². The highest BCUT2D eigenvalue weighted by atomic mass is 79.9. The molecule has 0 unspecified atom stereocenters. The van der Waals surface area contributed by atoms with Gasteiger partial charge in [0.25, 0.3) is 5.76 Å². The van der Waals surface area contributed by atoms with Crippen LogP contribution in [0.15, 0.2) is 57.9 Å². The van der Waals surface area contributed by atoms with Gasteiger partial charge < -0.3 is 5.32 Å². The summed E-state index contributed by atoms with van der Waals surface area (Å²) in [6.07, 6.45) is 0. The molecule has 0 aliphatic carbocycles. The SMILES string of the molecule is FC(F)Sc1ccccc1NCc1ccccc1Br. The quantitative estimate of drug-likeness (QED) is 0.731. The third kappa shape index (κ3) is 4.21. The molecule has 2 rings (SSSR count). The van der Waals surface area contributed by atoms with E-state index in [1.54, 1.807) is 12.1 Å². The van der Waals surface area contributed by atoms with Crippen LogP contribution in [0.3, 0.4) is 0 Å². The maximum atomic E-state index is 12.5. The van der Waals surface area contributed by atoms with Gasteiger partial charge in [0, 0.05) is 21.6 Å². The number of para-hydroxylation sites is 1. The van der Waals surface area contributed by atoms with Crippen molar-refractivity contribution in [1.29, 1.82) is 0 Å². The Morgan fingerprint density at radius 3 is 2.47 bits per heavy atom. The van der Waals surface area contributed by atoms with Gasteiger partial charge in [-0.15, -0.1) is 0 Å². The Morgan fingerprint density at radius 1 is 1.05 bits per heavy atom. The molecule has 0 saturated heterocycles. The predicted octanol–water partition coefficient (Wildman–Crippen LogP) is 5.38. The summed E-state index contributed by atoms with van der Waals surface area (Å²) in [6.45, 7) is 0.586. The molecule has 0 saturated carbocycles. The van der Waals surface area contributed by atoms with Crippen LogP contribution in [0.25, 0.3) is 0 Å². The van der Waals surface area contributed by atoms with Gasteiger partial charge in [-0.25, -0.2) is 0 Å². The summed E-state index contributed by atoms with van der Waals surface area (Å²) in [5.41, 5.74) is 1.81. The zero-order valence-corrected chi connectivity index (χ0v) is 12.3. The minimum absolute atomic E-state index is 0.557. The number of alkyl halides is 2. The second-order valence-electron chi connectivity index (χ2n) is 3.82. The van der Waals surface area contributed by atoms with E-state index in [1.807, 2.05) is 36.4 Å². The van der Waals surface area contributed by atoms with Crippen molar-refractivity contribution >= 4 is 33.4 Å². The standard InChI is InChI=1S/C14H12BrF2NS/c15-11-6-2-1-5-10(11)9-18-12-7-3-4-8-13(12)19-14(16)17/h1-8,14,18H,9H2. The van der Waals surface area contributed by atoms with Crippen LogP contribution in [0, 0.1) is 0 Å². The lowest BCUT2D eigenvalue weighted by molar-refractivity contribution is 0.252. The van der Waals surface area contributed by atoms with Gasteiger partial charge in [-0.05, 0) is 23.8 Å². The minimum Gasteiger partial charge on any atom is -0.380 e. The van der Waals surface area contributed by atoms with E-state index in [9.17, 15) is 8.78 Å². The maximum Gasteiger partial charge on any atom is 0.288 e. The van der Waals surface area contributed by atoms with Crippen LogP contribution >= 0.6 is 27.7 Å². The first kappa shape index (κ1) is 14.3. The molecule has 0 fully saturated rings. The van der Waals surface area contributed by atoms with Crippen molar-refractivity contribution in [1.82, 2.24) is 0 Å². The molecule has 0 spiro atoms. The van der Waals surface area contributed by atoms with Crippen LogP contribution in [0.2, 0.25) is 0 Å². The van der Waals surface area contributed by atoms with E-state index >= 15 is 0 Å². The van der Waals surface area contributed by atoms with Crippen molar-refractivity contribution in [2.24, 2.45) is 0 Å². The highest BCUT2D eigenvalue weighted by molar-refractivity contribution is 9.10. The second-order valence-corrected chi connectivity index (χ2v) is 5.71. The second kappa shape index (κ2) is 6.91. The maximum absolute atomic E-state index is 12.5. The van der Waals surface area contributed by atoms with Gasteiger partial charge in [-0.1, -0.05) is 58.0 Å². The van der Waals surface area contributed by atoms with Gasteiger partial charge in [0.15, 0.2) is 0 Å². The summed E-state index contributed by atoms with van der Waals surface area (Å²) in [7, 11) is 0. The fourth-order valence-electron chi connectivity index (χ4n) is 1.64. The van der Waals surface area contributed by atoms with E-state index in [4.69, 9.17) is 0 Å². The summed E-state index contributed by atoms with van der Waals surface area (Å²) >= 11 is 4.02. The zero-order chi connectivity index (χ0) is 13.7. The molecule has 0 amide bonds. The first-order chi connectivity index (χ1) is 9.16. The Labute approximate surface area is 123 Å². The highest BCUT2D eigenvalue weighted by Crippen LogP contribution is 2.32. The van der Waals surface area contributed by atoms with Gasteiger partial charge >= 0.3 is 0 Å². The third-order valence-corrected chi connectivity index (χ3v) is 4.09. The molecular formula is C14H12BrF2NS. The lowest BCUT2D eigenvalue weighted by Crippen LogP contribution is -2.01. The Bertz CT molecular complexity index is 548. The molecule has 0 aromatic heterocycles. The number of hydrogen-bond donors (Lipinski definition) is 1. The van der Waals surface area contributed by atoms with Crippen LogP contribution < -0.4 is 5.32 Å². The fourth-order valence-corrected chi connectivity index (χ4v) is 2.68. The average Bonchev–Trinajstić information content (AvgIpc) is 2.39. The number of anilines is 1. The van der Waals surface area contributed by atoms with E-state index < -0.39 is 5.76 Å². The van der Waals surface area contributed by atoms with E-state index in [0.29, 0.717) is 23.2 Å². The first-order valence-corrected chi connectivity index (χ1v) is 7.35. The Kier molecular flexibility index (Phi) is 5.22. The summed E-state index contributed by atoms with van der Waals surface area (Å²) in [4.78, 5) is 0.560. The summed E-state index contributed by atoms with van der Waals surface area (Å²) in [6, 6.07) is 14.9. The van der Waals surface area contributed by atoms with Crippen LogP contribution in [-0.4, -0.2) is 5.76 Å². The lowest BCUT2D eigenvalue weighted by atomic mass is 10.2. The first-order valence-electron chi connectivity index (χ1n) is 5.68. The van der Waals surface area contributed by atoms with Crippen molar-refractivity contribution in [2.75, 3.05) is 5.32 Å². The minimum atomic E-state index is -2.41. The number of nitrogens with one attached hydrogen (secondary N) is 1. The van der Waals surface area contributed by atoms with Crippen LogP contribution in [-0.2, 0) is 6.54 Å². The predicted molar refractivity (Wildman–Crippen MR) is 79.8 cm³/mol. The molecule has 0 bridgehead atoms. The summed E-state index contributed by atoms with van der Waals surface area (Å²) < 4.78 is 25.9. The molecule has 2 aromatic rings. The van der Waals surface area contributed by atoms with Gasteiger partial charge in [0.2, 0.25) is 0 Å². The molecule has 5 heteroatoms. The van der Waals surface area contributed by atoms with Crippen molar-refractivity contribution in [3.63, 3.8) is 0 Å². The Hall–Kier alpha value is -1.07. The van der Waals surface area contributed by atoms with Gasteiger partial charge in [0.1, 0.15) is 0 Å². The smallest absolute Gasteiger partial charge is 0.288 e. The normalized spacial score (nSPS) is 10.7. The summed E-state index contributed by atoms with van der Waals surface area (Å²) in [5, 5.41) is 3.19. The van der Waals surface area contributed by atoms with E-state index in [0.717, 1.165) is 15.7 Å². The molecule has 19 heavy (non-hydrogen) atoms. The molecule has 0 atom stereocenters. The van der Waals surface area contributed by atoms with E-state index in [-0.39, 0.29) is 0 Å². The number of halogens is 3. The fraction of sp³-hybridized carbons (Fsp3) is 0.143. The number of benzene rings is 2.